The van der Waals surface area contributed by atoms with Crippen LogP contribution in [0.1, 0.15) is 45.4 Å². The van der Waals surface area contributed by atoms with Crippen molar-refractivity contribution < 1.29 is 5.11 Å². The summed E-state index contributed by atoms with van der Waals surface area (Å²) in [6.07, 6.45) is 8.11. The molecule has 0 amide bonds. The Morgan fingerprint density at radius 3 is 2.75 bits per heavy atom. The summed E-state index contributed by atoms with van der Waals surface area (Å²) in [4.78, 5) is 0. The van der Waals surface area contributed by atoms with E-state index in [2.05, 4.69) is 12.2 Å². The van der Waals surface area contributed by atoms with Crippen LogP contribution in [0.15, 0.2) is 0 Å². The molecule has 96 valence electrons. The van der Waals surface area contributed by atoms with E-state index in [9.17, 15) is 0 Å². The number of nitrogens with one attached hydrogen (secondary N) is 1. The second kappa shape index (κ2) is 9.32. The Labute approximate surface area is 105 Å². The minimum Gasteiger partial charge on any atom is -0.396 e. The van der Waals surface area contributed by atoms with Crippen LogP contribution in [0.25, 0.3) is 0 Å². The lowest BCUT2D eigenvalue weighted by Gasteiger charge is -2.17. The molecule has 0 bridgehead atoms. The quantitative estimate of drug-likeness (QED) is 0.613. The zero-order valence-corrected chi connectivity index (χ0v) is 11.4. The Bertz CT molecular complexity index is 160. The number of aliphatic hydroxyl groups excluding tert-OH is 1. The summed E-state index contributed by atoms with van der Waals surface area (Å²) in [5, 5.41) is 12.2. The molecule has 0 saturated heterocycles. The molecule has 16 heavy (non-hydrogen) atoms. The molecule has 0 radical (unpaired) electrons. The van der Waals surface area contributed by atoms with E-state index in [1.165, 1.54) is 37.9 Å². The molecule has 1 fully saturated rings. The summed E-state index contributed by atoms with van der Waals surface area (Å²) < 4.78 is 0. The Morgan fingerprint density at radius 2 is 2.06 bits per heavy atom. The van der Waals surface area contributed by atoms with Crippen LogP contribution in [0.3, 0.4) is 0 Å². The van der Waals surface area contributed by atoms with E-state index in [1.807, 2.05) is 11.8 Å². The normalized spacial score (nSPS) is 19.1. The van der Waals surface area contributed by atoms with E-state index in [0.29, 0.717) is 12.6 Å². The van der Waals surface area contributed by atoms with Crippen LogP contribution in [0.4, 0.5) is 0 Å². The Hall–Kier alpha value is 0.270. The molecule has 0 spiro atoms. The molecule has 2 nitrogen and oxygen atoms in total. The van der Waals surface area contributed by atoms with E-state index < -0.39 is 0 Å². The van der Waals surface area contributed by atoms with Crippen molar-refractivity contribution in [3.05, 3.63) is 0 Å². The van der Waals surface area contributed by atoms with Gasteiger partial charge in [-0.25, -0.2) is 0 Å². The summed E-state index contributed by atoms with van der Waals surface area (Å²) in [7, 11) is 0. The molecule has 0 aromatic carbocycles. The van der Waals surface area contributed by atoms with E-state index in [4.69, 9.17) is 5.11 Å². The molecule has 2 N–H and O–H groups in total. The SMILES string of the molecule is CC(CC1CCCC1)NCCSCCCO. The lowest BCUT2D eigenvalue weighted by Crippen LogP contribution is -2.29. The summed E-state index contributed by atoms with van der Waals surface area (Å²) in [5.74, 6) is 3.26. The standard InChI is InChI=1S/C13H27NOS/c1-12(11-13-5-2-3-6-13)14-7-10-16-9-4-8-15/h12-15H,2-11H2,1H3. The molecular weight excluding hydrogens is 218 g/mol. The molecule has 1 aliphatic carbocycles. The molecule has 1 unspecified atom stereocenters. The fraction of sp³-hybridized carbons (Fsp3) is 1.00. The predicted molar refractivity (Wildman–Crippen MR) is 73.1 cm³/mol. The van der Waals surface area contributed by atoms with Crippen LogP contribution in [0, 0.1) is 5.92 Å². The number of hydrogen-bond donors (Lipinski definition) is 2. The first-order valence-corrected chi connectivity index (χ1v) is 7.90. The van der Waals surface area contributed by atoms with Crippen molar-refractivity contribution in [2.45, 2.75) is 51.5 Å². The Kier molecular flexibility index (Phi) is 8.34. The predicted octanol–water partition coefficient (Wildman–Crippen LogP) is 2.66. The van der Waals surface area contributed by atoms with Crippen LogP contribution < -0.4 is 5.32 Å². The Balaban J connectivity index is 1.87. The van der Waals surface area contributed by atoms with Gasteiger partial charge in [0.25, 0.3) is 0 Å². The van der Waals surface area contributed by atoms with Gasteiger partial charge in [-0.15, -0.1) is 0 Å². The topological polar surface area (TPSA) is 32.3 Å². The van der Waals surface area contributed by atoms with Crippen molar-refractivity contribution in [2.75, 3.05) is 24.7 Å². The number of aliphatic hydroxyl groups is 1. The second-order valence-corrected chi connectivity index (χ2v) is 6.16. The minimum atomic E-state index is 0.332. The van der Waals surface area contributed by atoms with Crippen LogP contribution in [-0.2, 0) is 0 Å². The van der Waals surface area contributed by atoms with Gasteiger partial charge in [0, 0.05) is 24.9 Å². The first kappa shape index (κ1) is 14.3. The van der Waals surface area contributed by atoms with Crippen molar-refractivity contribution >= 4 is 11.8 Å². The monoisotopic (exact) mass is 245 g/mol. The molecule has 1 aliphatic rings. The third-order valence-corrected chi connectivity index (χ3v) is 4.42. The van der Waals surface area contributed by atoms with Crippen molar-refractivity contribution in [1.29, 1.82) is 0 Å². The maximum absolute atomic E-state index is 8.64. The first-order chi connectivity index (χ1) is 7.83. The van der Waals surface area contributed by atoms with Gasteiger partial charge in [-0.05, 0) is 31.4 Å². The van der Waals surface area contributed by atoms with Gasteiger partial charge in [-0.3, -0.25) is 0 Å². The molecule has 3 heteroatoms. The van der Waals surface area contributed by atoms with Gasteiger partial charge in [0.1, 0.15) is 0 Å². The van der Waals surface area contributed by atoms with Crippen LogP contribution in [-0.4, -0.2) is 35.8 Å². The molecule has 0 aromatic rings. The van der Waals surface area contributed by atoms with Crippen molar-refractivity contribution in [2.24, 2.45) is 5.92 Å². The van der Waals surface area contributed by atoms with Crippen LogP contribution in [0.5, 0.6) is 0 Å². The van der Waals surface area contributed by atoms with Crippen molar-refractivity contribution in [3.8, 4) is 0 Å². The maximum atomic E-state index is 8.64. The minimum absolute atomic E-state index is 0.332. The summed E-state index contributed by atoms with van der Waals surface area (Å²) in [6, 6.07) is 0.682. The van der Waals surface area contributed by atoms with Gasteiger partial charge in [0.05, 0.1) is 0 Å². The molecule has 1 atom stereocenters. The van der Waals surface area contributed by atoms with Gasteiger partial charge in [0.15, 0.2) is 0 Å². The van der Waals surface area contributed by atoms with Gasteiger partial charge < -0.3 is 10.4 Å². The van der Waals surface area contributed by atoms with E-state index in [-0.39, 0.29) is 0 Å². The fourth-order valence-electron chi connectivity index (χ4n) is 2.48. The lowest BCUT2D eigenvalue weighted by molar-refractivity contribution is 0.296. The summed E-state index contributed by atoms with van der Waals surface area (Å²) >= 11 is 1.94. The van der Waals surface area contributed by atoms with E-state index >= 15 is 0 Å². The maximum Gasteiger partial charge on any atom is 0.0438 e. The third-order valence-electron chi connectivity index (χ3n) is 3.35. The van der Waals surface area contributed by atoms with Gasteiger partial charge >= 0.3 is 0 Å². The lowest BCUT2D eigenvalue weighted by atomic mass is 9.99. The highest BCUT2D eigenvalue weighted by molar-refractivity contribution is 7.99. The highest BCUT2D eigenvalue weighted by atomic mass is 32.2. The largest absolute Gasteiger partial charge is 0.396 e. The molecule has 0 aliphatic heterocycles. The highest BCUT2D eigenvalue weighted by Crippen LogP contribution is 2.28. The van der Waals surface area contributed by atoms with Crippen molar-refractivity contribution in [1.82, 2.24) is 5.32 Å². The third kappa shape index (κ3) is 6.77. The van der Waals surface area contributed by atoms with Crippen molar-refractivity contribution in [3.63, 3.8) is 0 Å². The zero-order chi connectivity index (χ0) is 11.6. The number of rotatable bonds is 9. The molecule has 1 saturated carbocycles. The van der Waals surface area contributed by atoms with Gasteiger partial charge in [0.2, 0.25) is 0 Å². The first-order valence-electron chi connectivity index (χ1n) is 6.75. The average molecular weight is 245 g/mol. The molecule has 0 heterocycles. The van der Waals surface area contributed by atoms with E-state index in [1.54, 1.807) is 0 Å². The number of thioether (sulfide) groups is 1. The van der Waals surface area contributed by atoms with E-state index in [0.717, 1.165) is 24.6 Å². The van der Waals surface area contributed by atoms with Crippen LogP contribution >= 0.6 is 11.8 Å². The van der Waals surface area contributed by atoms with Gasteiger partial charge in [-0.1, -0.05) is 25.7 Å². The molecule has 0 aromatic heterocycles. The smallest absolute Gasteiger partial charge is 0.0438 e. The summed E-state index contributed by atoms with van der Waals surface area (Å²) in [6.45, 7) is 3.76. The highest BCUT2D eigenvalue weighted by Gasteiger charge is 2.17. The average Bonchev–Trinajstić information content (AvgIpc) is 2.76. The number of hydrogen-bond acceptors (Lipinski definition) is 3. The fourth-order valence-corrected chi connectivity index (χ4v) is 3.28. The second-order valence-electron chi connectivity index (χ2n) is 4.93. The van der Waals surface area contributed by atoms with Crippen LogP contribution in [0.2, 0.25) is 0 Å². The Morgan fingerprint density at radius 1 is 1.31 bits per heavy atom. The summed E-state index contributed by atoms with van der Waals surface area (Å²) in [5.41, 5.74) is 0. The van der Waals surface area contributed by atoms with Gasteiger partial charge in [-0.2, -0.15) is 11.8 Å². The zero-order valence-electron chi connectivity index (χ0n) is 10.6. The molecule has 1 rings (SSSR count). The molecular formula is C13H27NOS.